The SMILES string of the molecule is Nc1cc(Cl)c(-n2cc(I)cn2)c(C(=O)O)c1. The van der Waals surface area contributed by atoms with E-state index in [1.807, 2.05) is 0 Å². The Morgan fingerprint density at radius 2 is 2.24 bits per heavy atom. The van der Waals surface area contributed by atoms with Crippen molar-refractivity contribution in [1.29, 1.82) is 0 Å². The van der Waals surface area contributed by atoms with Gasteiger partial charge in [-0.15, -0.1) is 0 Å². The number of nitrogens with two attached hydrogens (primary N) is 1. The molecule has 5 nitrogen and oxygen atoms in total. The lowest BCUT2D eigenvalue weighted by Crippen LogP contribution is -2.07. The molecule has 0 spiro atoms. The third kappa shape index (κ3) is 2.37. The van der Waals surface area contributed by atoms with Crippen molar-refractivity contribution in [2.24, 2.45) is 0 Å². The predicted molar refractivity (Wildman–Crippen MR) is 72.7 cm³/mol. The van der Waals surface area contributed by atoms with Gasteiger partial charge in [-0.3, -0.25) is 0 Å². The van der Waals surface area contributed by atoms with Crippen molar-refractivity contribution < 1.29 is 9.90 Å². The first kappa shape index (κ1) is 12.2. The largest absolute Gasteiger partial charge is 0.478 e. The molecule has 1 aromatic carbocycles. The van der Waals surface area contributed by atoms with Crippen LogP contribution in [0.15, 0.2) is 24.5 Å². The number of rotatable bonds is 2. The van der Waals surface area contributed by atoms with E-state index in [0.717, 1.165) is 3.57 Å². The van der Waals surface area contributed by atoms with Crippen LogP contribution in [0.25, 0.3) is 5.69 Å². The first-order valence-corrected chi connectivity index (χ1v) is 5.97. The van der Waals surface area contributed by atoms with Crippen LogP contribution in [0.1, 0.15) is 10.4 Å². The van der Waals surface area contributed by atoms with Crippen molar-refractivity contribution in [1.82, 2.24) is 9.78 Å². The van der Waals surface area contributed by atoms with Gasteiger partial charge in [-0.2, -0.15) is 5.10 Å². The van der Waals surface area contributed by atoms with Gasteiger partial charge in [0.2, 0.25) is 0 Å². The molecule has 0 saturated carbocycles. The van der Waals surface area contributed by atoms with Gasteiger partial charge in [0.15, 0.2) is 0 Å². The van der Waals surface area contributed by atoms with E-state index in [9.17, 15) is 4.79 Å². The van der Waals surface area contributed by atoms with Gasteiger partial charge in [0.1, 0.15) is 0 Å². The molecule has 2 rings (SSSR count). The lowest BCUT2D eigenvalue weighted by Gasteiger charge is -2.09. The summed E-state index contributed by atoms with van der Waals surface area (Å²) in [6.45, 7) is 0. The number of aromatic carboxylic acids is 1. The van der Waals surface area contributed by atoms with Crippen LogP contribution in [0.3, 0.4) is 0 Å². The van der Waals surface area contributed by atoms with E-state index >= 15 is 0 Å². The quantitative estimate of drug-likeness (QED) is 0.634. The first-order valence-electron chi connectivity index (χ1n) is 4.52. The van der Waals surface area contributed by atoms with Crippen LogP contribution in [0.2, 0.25) is 5.02 Å². The van der Waals surface area contributed by atoms with E-state index in [1.165, 1.54) is 16.8 Å². The van der Waals surface area contributed by atoms with Crippen LogP contribution in [0.5, 0.6) is 0 Å². The molecule has 88 valence electrons. The molecule has 0 aliphatic heterocycles. The number of hydrogen-bond acceptors (Lipinski definition) is 3. The third-order valence-electron chi connectivity index (χ3n) is 2.10. The minimum atomic E-state index is -1.10. The van der Waals surface area contributed by atoms with Crippen LogP contribution in [-0.4, -0.2) is 20.9 Å². The van der Waals surface area contributed by atoms with Crippen molar-refractivity contribution in [2.75, 3.05) is 5.73 Å². The summed E-state index contributed by atoms with van der Waals surface area (Å²) in [6, 6.07) is 2.86. The Hall–Kier alpha value is -1.28. The molecule has 0 aliphatic rings. The molecular weight excluding hydrogens is 356 g/mol. The molecule has 1 heterocycles. The van der Waals surface area contributed by atoms with Gasteiger partial charge in [-0.05, 0) is 34.7 Å². The Balaban J connectivity index is 2.71. The lowest BCUT2D eigenvalue weighted by molar-refractivity contribution is 0.0697. The van der Waals surface area contributed by atoms with E-state index in [1.54, 1.807) is 12.4 Å². The van der Waals surface area contributed by atoms with Crippen LogP contribution < -0.4 is 5.73 Å². The van der Waals surface area contributed by atoms with Gasteiger partial charge in [-0.25, -0.2) is 9.48 Å². The summed E-state index contributed by atoms with van der Waals surface area (Å²) in [7, 11) is 0. The van der Waals surface area contributed by atoms with Gasteiger partial charge in [0, 0.05) is 11.9 Å². The smallest absolute Gasteiger partial charge is 0.338 e. The average molecular weight is 364 g/mol. The van der Waals surface area contributed by atoms with Crippen molar-refractivity contribution in [3.05, 3.63) is 38.7 Å². The fraction of sp³-hybridized carbons (Fsp3) is 0. The summed E-state index contributed by atoms with van der Waals surface area (Å²) in [6.07, 6.45) is 3.29. The van der Waals surface area contributed by atoms with Gasteiger partial charge in [-0.1, -0.05) is 11.6 Å². The highest BCUT2D eigenvalue weighted by Gasteiger charge is 2.17. The standard InChI is InChI=1S/C10H7ClIN3O2/c11-8-2-6(13)1-7(10(16)17)9(8)15-4-5(12)3-14-15/h1-4H,13H2,(H,16,17). The van der Waals surface area contributed by atoms with Gasteiger partial charge in [0.05, 0.1) is 26.0 Å². The molecule has 17 heavy (non-hydrogen) atoms. The van der Waals surface area contributed by atoms with E-state index < -0.39 is 5.97 Å². The molecule has 0 saturated heterocycles. The number of nitrogen functional groups attached to an aromatic ring is 1. The molecule has 7 heteroatoms. The van der Waals surface area contributed by atoms with Crippen LogP contribution in [-0.2, 0) is 0 Å². The highest BCUT2D eigenvalue weighted by atomic mass is 127. The number of carboxylic acid groups (broad SMARTS) is 1. The molecule has 3 N–H and O–H groups in total. The predicted octanol–water partition coefficient (Wildman–Crippen LogP) is 2.41. The molecule has 0 atom stereocenters. The van der Waals surface area contributed by atoms with Crippen molar-refractivity contribution in [3.8, 4) is 5.69 Å². The summed E-state index contributed by atoms with van der Waals surface area (Å²) in [5.41, 5.74) is 6.21. The zero-order valence-electron chi connectivity index (χ0n) is 8.39. The molecule has 0 radical (unpaired) electrons. The normalized spacial score (nSPS) is 10.5. The fourth-order valence-corrected chi connectivity index (χ4v) is 2.14. The molecule has 0 bridgehead atoms. The molecule has 0 fully saturated rings. The Labute approximate surface area is 115 Å². The second kappa shape index (κ2) is 4.53. The van der Waals surface area contributed by atoms with Crippen LogP contribution >= 0.6 is 34.2 Å². The topological polar surface area (TPSA) is 81.1 Å². The molecule has 0 aliphatic carbocycles. The van der Waals surface area contributed by atoms with Crippen molar-refractivity contribution in [2.45, 2.75) is 0 Å². The number of anilines is 1. The Kier molecular flexibility index (Phi) is 3.25. The third-order valence-corrected chi connectivity index (χ3v) is 2.94. The number of aromatic nitrogens is 2. The summed E-state index contributed by atoms with van der Waals surface area (Å²) in [5.74, 6) is -1.10. The fourth-order valence-electron chi connectivity index (χ4n) is 1.44. The van der Waals surface area contributed by atoms with E-state index in [2.05, 4.69) is 27.7 Å². The first-order chi connectivity index (χ1) is 7.99. The number of carboxylic acids is 1. The van der Waals surface area contributed by atoms with Crippen molar-refractivity contribution >= 4 is 45.8 Å². The summed E-state index contributed by atoms with van der Waals surface area (Å²) in [5, 5.41) is 13.4. The summed E-state index contributed by atoms with van der Waals surface area (Å²) in [4.78, 5) is 11.1. The molecule has 0 amide bonds. The van der Waals surface area contributed by atoms with Crippen LogP contribution in [0.4, 0.5) is 5.69 Å². The molecular formula is C10H7ClIN3O2. The second-order valence-corrected chi connectivity index (χ2v) is 4.96. The highest BCUT2D eigenvalue weighted by molar-refractivity contribution is 14.1. The van der Waals surface area contributed by atoms with E-state index in [4.69, 9.17) is 22.4 Å². The maximum Gasteiger partial charge on any atom is 0.338 e. The van der Waals surface area contributed by atoms with Gasteiger partial charge in [0.25, 0.3) is 0 Å². The monoisotopic (exact) mass is 363 g/mol. The number of halogens is 2. The Bertz CT molecular complexity index is 597. The maximum absolute atomic E-state index is 11.1. The van der Waals surface area contributed by atoms with E-state index in [0.29, 0.717) is 11.4 Å². The highest BCUT2D eigenvalue weighted by Crippen LogP contribution is 2.27. The van der Waals surface area contributed by atoms with Gasteiger partial charge < -0.3 is 10.8 Å². The van der Waals surface area contributed by atoms with Crippen LogP contribution in [0, 0.1) is 3.57 Å². The minimum Gasteiger partial charge on any atom is -0.478 e. The second-order valence-electron chi connectivity index (χ2n) is 3.31. The number of nitrogens with zero attached hydrogens (tertiary/aromatic N) is 2. The lowest BCUT2D eigenvalue weighted by atomic mass is 10.1. The Morgan fingerprint density at radius 1 is 1.53 bits per heavy atom. The number of hydrogen-bond donors (Lipinski definition) is 2. The molecule has 2 aromatic rings. The zero-order valence-corrected chi connectivity index (χ0v) is 11.3. The molecule has 1 aromatic heterocycles. The van der Waals surface area contributed by atoms with Crippen molar-refractivity contribution in [3.63, 3.8) is 0 Å². The zero-order chi connectivity index (χ0) is 12.6. The van der Waals surface area contributed by atoms with Gasteiger partial charge >= 0.3 is 5.97 Å². The number of carbonyl (C=O) groups is 1. The summed E-state index contributed by atoms with van der Waals surface area (Å²) >= 11 is 8.09. The minimum absolute atomic E-state index is 0.0227. The van der Waals surface area contributed by atoms with E-state index in [-0.39, 0.29) is 10.6 Å². The molecule has 0 unspecified atom stereocenters. The summed E-state index contributed by atoms with van der Waals surface area (Å²) < 4.78 is 2.30. The Morgan fingerprint density at radius 3 is 2.76 bits per heavy atom. The maximum atomic E-state index is 11.1. The average Bonchev–Trinajstić information content (AvgIpc) is 2.63. The number of benzene rings is 1.